The van der Waals surface area contributed by atoms with E-state index in [1.165, 1.54) is 25.0 Å². The molecule has 1 fully saturated rings. The SMILES string of the molecule is C=CCON=C1CCC(C(C)(C)CC)CC1. The fraction of sp³-hybridized carbons (Fsp3) is 0.786. The number of rotatable bonds is 5. The van der Waals surface area contributed by atoms with Gasteiger partial charge in [0, 0.05) is 0 Å². The molecule has 0 bridgehead atoms. The molecule has 92 valence electrons. The van der Waals surface area contributed by atoms with Gasteiger partial charge in [-0.3, -0.25) is 0 Å². The Labute approximate surface area is 99.8 Å². The van der Waals surface area contributed by atoms with Gasteiger partial charge in [-0.05, 0) is 37.0 Å². The summed E-state index contributed by atoms with van der Waals surface area (Å²) < 4.78 is 0. The second-order valence-electron chi connectivity index (χ2n) is 5.36. The first-order valence-electron chi connectivity index (χ1n) is 6.38. The van der Waals surface area contributed by atoms with Crippen molar-refractivity contribution in [2.45, 2.75) is 52.9 Å². The molecule has 1 aliphatic carbocycles. The third-order valence-electron chi connectivity index (χ3n) is 3.97. The molecule has 0 N–H and O–H groups in total. The minimum absolute atomic E-state index is 0.480. The van der Waals surface area contributed by atoms with Crippen molar-refractivity contribution in [3.05, 3.63) is 12.7 Å². The molecular formula is C14H25NO. The summed E-state index contributed by atoms with van der Waals surface area (Å²) in [5, 5.41) is 4.16. The van der Waals surface area contributed by atoms with Gasteiger partial charge in [0.1, 0.15) is 6.61 Å². The Morgan fingerprint density at radius 1 is 1.44 bits per heavy atom. The molecule has 0 heterocycles. The molecule has 0 saturated heterocycles. The third-order valence-corrected chi connectivity index (χ3v) is 3.97. The van der Waals surface area contributed by atoms with Crippen LogP contribution in [0.1, 0.15) is 52.9 Å². The zero-order valence-electron chi connectivity index (χ0n) is 11.0. The summed E-state index contributed by atoms with van der Waals surface area (Å²) in [6, 6.07) is 0. The van der Waals surface area contributed by atoms with Crippen LogP contribution in [-0.4, -0.2) is 12.3 Å². The van der Waals surface area contributed by atoms with E-state index in [0.717, 1.165) is 18.8 Å². The van der Waals surface area contributed by atoms with Gasteiger partial charge in [0.15, 0.2) is 0 Å². The first-order valence-corrected chi connectivity index (χ1v) is 6.38. The molecule has 0 unspecified atom stereocenters. The van der Waals surface area contributed by atoms with E-state index in [4.69, 9.17) is 4.84 Å². The van der Waals surface area contributed by atoms with Gasteiger partial charge in [0.2, 0.25) is 0 Å². The minimum atomic E-state index is 0.480. The molecule has 0 aliphatic heterocycles. The highest BCUT2D eigenvalue weighted by atomic mass is 16.6. The number of nitrogens with zero attached hydrogens (tertiary/aromatic N) is 1. The Morgan fingerprint density at radius 3 is 2.56 bits per heavy atom. The van der Waals surface area contributed by atoms with Crippen LogP contribution < -0.4 is 0 Å². The lowest BCUT2D eigenvalue weighted by molar-refractivity contribution is 0.159. The van der Waals surface area contributed by atoms with Gasteiger partial charge in [-0.1, -0.05) is 45.0 Å². The molecule has 0 spiro atoms. The van der Waals surface area contributed by atoms with E-state index in [2.05, 4.69) is 32.5 Å². The van der Waals surface area contributed by atoms with Crippen LogP contribution in [0.25, 0.3) is 0 Å². The van der Waals surface area contributed by atoms with E-state index in [-0.39, 0.29) is 0 Å². The van der Waals surface area contributed by atoms with E-state index in [0.29, 0.717) is 12.0 Å². The molecule has 0 atom stereocenters. The molecule has 16 heavy (non-hydrogen) atoms. The average molecular weight is 223 g/mol. The lowest BCUT2D eigenvalue weighted by Gasteiger charge is -2.36. The van der Waals surface area contributed by atoms with Crippen LogP contribution in [0.5, 0.6) is 0 Å². The molecule has 0 amide bonds. The maximum Gasteiger partial charge on any atom is 0.135 e. The van der Waals surface area contributed by atoms with Crippen molar-refractivity contribution >= 4 is 5.71 Å². The predicted octanol–water partition coefficient (Wildman–Crippen LogP) is 4.17. The Kier molecular flexibility index (Phi) is 5.04. The van der Waals surface area contributed by atoms with Crippen LogP contribution in [0.15, 0.2) is 17.8 Å². The topological polar surface area (TPSA) is 21.6 Å². The Morgan fingerprint density at radius 2 is 2.06 bits per heavy atom. The number of hydrogen-bond acceptors (Lipinski definition) is 2. The molecule has 0 radical (unpaired) electrons. The molecule has 1 saturated carbocycles. The van der Waals surface area contributed by atoms with Crippen molar-refractivity contribution in [1.29, 1.82) is 0 Å². The molecule has 0 aromatic rings. The van der Waals surface area contributed by atoms with E-state index in [9.17, 15) is 0 Å². The third kappa shape index (κ3) is 3.66. The van der Waals surface area contributed by atoms with Gasteiger partial charge in [-0.2, -0.15) is 0 Å². The van der Waals surface area contributed by atoms with Crippen molar-refractivity contribution in [2.75, 3.05) is 6.61 Å². The first kappa shape index (κ1) is 13.3. The Bertz CT molecular complexity index is 245. The monoisotopic (exact) mass is 223 g/mol. The smallest absolute Gasteiger partial charge is 0.135 e. The van der Waals surface area contributed by atoms with Gasteiger partial charge >= 0.3 is 0 Å². The van der Waals surface area contributed by atoms with Crippen LogP contribution >= 0.6 is 0 Å². The maximum atomic E-state index is 5.14. The van der Waals surface area contributed by atoms with Gasteiger partial charge in [0.25, 0.3) is 0 Å². The first-order chi connectivity index (χ1) is 7.60. The Balaban J connectivity index is 2.39. The highest BCUT2D eigenvalue weighted by Crippen LogP contribution is 2.39. The van der Waals surface area contributed by atoms with Crippen LogP contribution in [0, 0.1) is 11.3 Å². The molecule has 0 aromatic heterocycles. The fourth-order valence-electron chi connectivity index (χ4n) is 2.29. The summed E-state index contributed by atoms with van der Waals surface area (Å²) >= 11 is 0. The zero-order chi connectivity index (χ0) is 12.0. The fourth-order valence-corrected chi connectivity index (χ4v) is 2.29. The summed E-state index contributed by atoms with van der Waals surface area (Å²) in [7, 11) is 0. The molecule has 2 nitrogen and oxygen atoms in total. The highest BCUT2D eigenvalue weighted by Gasteiger charge is 2.30. The average Bonchev–Trinajstić information content (AvgIpc) is 2.30. The van der Waals surface area contributed by atoms with Crippen LogP contribution in [0.2, 0.25) is 0 Å². The normalized spacial score (nSPS) is 21.7. The second kappa shape index (κ2) is 6.07. The van der Waals surface area contributed by atoms with Crippen LogP contribution in [0.3, 0.4) is 0 Å². The van der Waals surface area contributed by atoms with Crippen LogP contribution in [0.4, 0.5) is 0 Å². The summed E-state index contributed by atoms with van der Waals surface area (Å²) in [5.41, 5.74) is 1.71. The quantitative estimate of drug-likeness (QED) is 0.389. The molecule has 0 aromatic carbocycles. The van der Waals surface area contributed by atoms with E-state index < -0.39 is 0 Å². The lowest BCUT2D eigenvalue weighted by atomic mass is 9.69. The molecular weight excluding hydrogens is 198 g/mol. The van der Waals surface area contributed by atoms with Gasteiger partial charge < -0.3 is 4.84 Å². The van der Waals surface area contributed by atoms with E-state index >= 15 is 0 Å². The van der Waals surface area contributed by atoms with Crippen molar-refractivity contribution in [3.63, 3.8) is 0 Å². The minimum Gasteiger partial charge on any atom is -0.392 e. The predicted molar refractivity (Wildman–Crippen MR) is 69.6 cm³/mol. The van der Waals surface area contributed by atoms with Gasteiger partial charge in [-0.25, -0.2) is 0 Å². The van der Waals surface area contributed by atoms with E-state index in [1.54, 1.807) is 6.08 Å². The summed E-state index contributed by atoms with van der Waals surface area (Å²) in [4.78, 5) is 5.14. The van der Waals surface area contributed by atoms with Crippen molar-refractivity contribution in [1.82, 2.24) is 0 Å². The Hall–Kier alpha value is -0.790. The standard InChI is InChI=1S/C14H25NO/c1-5-11-16-15-13-9-7-12(8-10-13)14(3,4)6-2/h5,12H,1,6-11H2,2-4H3. The lowest BCUT2D eigenvalue weighted by Crippen LogP contribution is -2.28. The van der Waals surface area contributed by atoms with Crippen LogP contribution in [-0.2, 0) is 4.84 Å². The maximum absolute atomic E-state index is 5.14. The second-order valence-corrected chi connectivity index (χ2v) is 5.36. The summed E-state index contributed by atoms with van der Waals surface area (Å²) in [6.07, 6.45) is 7.72. The summed E-state index contributed by atoms with van der Waals surface area (Å²) in [5.74, 6) is 0.843. The molecule has 1 aliphatic rings. The summed E-state index contributed by atoms with van der Waals surface area (Å²) in [6.45, 7) is 11.2. The van der Waals surface area contributed by atoms with Crippen molar-refractivity contribution in [2.24, 2.45) is 16.5 Å². The molecule has 2 heteroatoms. The highest BCUT2D eigenvalue weighted by molar-refractivity contribution is 5.84. The molecule has 1 rings (SSSR count). The number of hydrogen-bond donors (Lipinski definition) is 0. The van der Waals surface area contributed by atoms with Crippen molar-refractivity contribution < 1.29 is 4.84 Å². The van der Waals surface area contributed by atoms with Crippen molar-refractivity contribution in [3.8, 4) is 0 Å². The number of oxime groups is 1. The largest absolute Gasteiger partial charge is 0.392 e. The zero-order valence-corrected chi connectivity index (χ0v) is 11.0. The van der Waals surface area contributed by atoms with E-state index in [1.807, 2.05) is 0 Å². The van der Waals surface area contributed by atoms with Gasteiger partial charge in [-0.15, -0.1) is 0 Å². The van der Waals surface area contributed by atoms with Gasteiger partial charge in [0.05, 0.1) is 5.71 Å².